The van der Waals surface area contributed by atoms with Gasteiger partial charge in [-0.25, -0.2) is 0 Å². The molecule has 0 amide bonds. The second-order valence-electron chi connectivity index (χ2n) is 6.88. The Morgan fingerprint density at radius 3 is 2.68 bits per heavy atom. The van der Waals surface area contributed by atoms with Crippen LogP contribution in [0, 0.1) is 16.7 Å². The van der Waals surface area contributed by atoms with Gasteiger partial charge in [0.05, 0.1) is 11.6 Å². The minimum absolute atomic E-state index is 0.352. The van der Waals surface area contributed by atoms with Crippen molar-refractivity contribution in [1.82, 2.24) is 10.6 Å². The first-order valence-corrected chi connectivity index (χ1v) is 7.80. The summed E-state index contributed by atoms with van der Waals surface area (Å²) < 4.78 is 0. The largest absolute Gasteiger partial charge is 0.354 e. The van der Waals surface area contributed by atoms with E-state index in [-0.39, 0.29) is 0 Å². The molecule has 0 fully saturated rings. The highest BCUT2D eigenvalue weighted by molar-refractivity contribution is 5.79. The predicted octanol–water partition coefficient (Wildman–Crippen LogP) is 3.44. The van der Waals surface area contributed by atoms with Crippen molar-refractivity contribution < 1.29 is 0 Å². The predicted molar refractivity (Wildman–Crippen MR) is 92.6 cm³/mol. The van der Waals surface area contributed by atoms with Gasteiger partial charge in [-0.2, -0.15) is 5.26 Å². The smallest absolute Gasteiger partial charge is 0.191 e. The molecule has 4 nitrogen and oxygen atoms in total. The summed E-state index contributed by atoms with van der Waals surface area (Å²) in [5, 5.41) is 15.6. The molecule has 0 bridgehead atoms. The summed E-state index contributed by atoms with van der Waals surface area (Å²) in [4.78, 5) is 4.26. The third kappa shape index (κ3) is 7.12. The number of nitrogens with zero attached hydrogens (tertiary/aromatic N) is 2. The lowest BCUT2D eigenvalue weighted by molar-refractivity contribution is 0.346. The summed E-state index contributed by atoms with van der Waals surface area (Å²) in [6.07, 6.45) is 2.27. The van der Waals surface area contributed by atoms with Crippen LogP contribution in [0.1, 0.15) is 51.7 Å². The van der Waals surface area contributed by atoms with Crippen LogP contribution in [0.25, 0.3) is 0 Å². The number of hydrogen-bond donors (Lipinski definition) is 2. The van der Waals surface area contributed by atoms with Gasteiger partial charge in [-0.15, -0.1) is 0 Å². The van der Waals surface area contributed by atoms with Crippen LogP contribution in [0.2, 0.25) is 0 Å². The highest BCUT2D eigenvalue weighted by atomic mass is 15.2. The summed E-state index contributed by atoms with van der Waals surface area (Å²) in [5.74, 6) is 0.795. The van der Waals surface area contributed by atoms with Gasteiger partial charge < -0.3 is 10.6 Å². The van der Waals surface area contributed by atoms with Gasteiger partial charge in [-0.1, -0.05) is 32.9 Å². The zero-order valence-electron chi connectivity index (χ0n) is 14.4. The fourth-order valence-electron chi connectivity index (χ4n) is 2.09. The Labute approximate surface area is 134 Å². The zero-order valence-corrected chi connectivity index (χ0v) is 14.4. The normalized spacial score (nSPS) is 13.4. The zero-order chi connectivity index (χ0) is 16.6. The number of aliphatic imine (C=N–C) groups is 1. The third-order valence-corrected chi connectivity index (χ3v) is 3.45. The maximum Gasteiger partial charge on any atom is 0.191 e. The average molecular weight is 300 g/mol. The van der Waals surface area contributed by atoms with Gasteiger partial charge in [-0.05, 0) is 42.9 Å². The first-order chi connectivity index (χ1) is 10.3. The SMILES string of the molecule is CN=C(NCc1cccc(C#N)c1)NC(C)CCC(C)(C)C. The van der Waals surface area contributed by atoms with Crippen molar-refractivity contribution in [2.24, 2.45) is 10.4 Å². The van der Waals surface area contributed by atoms with Crippen molar-refractivity contribution in [2.45, 2.75) is 53.1 Å². The molecule has 0 radical (unpaired) electrons. The minimum atomic E-state index is 0.352. The Morgan fingerprint density at radius 1 is 1.36 bits per heavy atom. The first-order valence-electron chi connectivity index (χ1n) is 7.80. The van der Waals surface area contributed by atoms with E-state index in [0.717, 1.165) is 17.9 Å². The van der Waals surface area contributed by atoms with E-state index in [1.807, 2.05) is 24.3 Å². The second kappa shape index (κ2) is 8.43. The van der Waals surface area contributed by atoms with Crippen molar-refractivity contribution in [3.05, 3.63) is 35.4 Å². The monoisotopic (exact) mass is 300 g/mol. The molecule has 120 valence electrons. The highest BCUT2D eigenvalue weighted by Gasteiger charge is 2.13. The van der Waals surface area contributed by atoms with Gasteiger partial charge in [0.25, 0.3) is 0 Å². The van der Waals surface area contributed by atoms with Crippen LogP contribution in [-0.4, -0.2) is 19.0 Å². The summed E-state index contributed by atoms with van der Waals surface area (Å²) in [5.41, 5.74) is 2.11. The standard InChI is InChI=1S/C18H28N4/c1-14(9-10-18(2,3)4)22-17(20-5)21-13-16-8-6-7-15(11-16)12-19/h6-8,11,14H,9-10,13H2,1-5H3,(H2,20,21,22). The Hall–Kier alpha value is -2.02. The maximum atomic E-state index is 8.92. The van der Waals surface area contributed by atoms with E-state index < -0.39 is 0 Å². The lowest BCUT2D eigenvalue weighted by Gasteiger charge is -2.23. The molecule has 0 heterocycles. The molecule has 1 aromatic rings. The number of hydrogen-bond acceptors (Lipinski definition) is 2. The molecule has 0 spiro atoms. The topological polar surface area (TPSA) is 60.2 Å². The molecule has 1 aromatic carbocycles. The third-order valence-electron chi connectivity index (χ3n) is 3.45. The van der Waals surface area contributed by atoms with Crippen LogP contribution in [0.15, 0.2) is 29.3 Å². The van der Waals surface area contributed by atoms with E-state index in [2.05, 4.69) is 49.4 Å². The number of nitriles is 1. The van der Waals surface area contributed by atoms with E-state index in [1.54, 1.807) is 7.05 Å². The molecular weight excluding hydrogens is 272 g/mol. The molecular formula is C18H28N4. The van der Waals surface area contributed by atoms with Crippen LogP contribution >= 0.6 is 0 Å². The number of guanidine groups is 1. The van der Waals surface area contributed by atoms with Crippen LogP contribution in [-0.2, 0) is 6.54 Å². The van der Waals surface area contributed by atoms with Crippen molar-refractivity contribution in [3.8, 4) is 6.07 Å². The molecule has 1 atom stereocenters. The first kappa shape index (κ1) is 18.0. The van der Waals surface area contributed by atoms with E-state index in [4.69, 9.17) is 5.26 Å². The number of benzene rings is 1. The molecule has 0 aliphatic rings. The van der Waals surface area contributed by atoms with E-state index in [9.17, 15) is 0 Å². The fourth-order valence-corrected chi connectivity index (χ4v) is 2.09. The van der Waals surface area contributed by atoms with Gasteiger partial charge in [0, 0.05) is 19.6 Å². The lowest BCUT2D eigenvalue weighted by atomic mass is 9.89. The second-order valence-corrected chi connectivity index (χ2v) is 6.88. The van der Waals surface area contributed by atoms with Gasteiger partial charge in [0.1, 0.15) is 0 Å². The van der Waals surface area contributed by atoms with Crippen LogP contribution in [0.4, 0.5) is 0 Å². The van der Waals surface area contributed by atoms with Crippen LogP contribution in [0.5, 0.6) is 0 Å². The van der Waals surface area contributed by atoms with Crippen molar-refractivity contribution in [1.29, 1.82) is 5.26 Å². The number of rotatable bonds is 5. The van der Waals surface area contributed by atoms with Crippen LogP contribution < -0.4 is 10.6 Å². The quantitative estimate of drug-likeness (QED) is 0.647. The van der Waals surface area contributed by atoms with E-state index in [1.165, 1.54) is 6.42 Å². The van der Waals surface area contributed by atoms with E-state index >= 15 is 0 Å². The Balaban J connectivity index is 2.47. The Kier molecular flexibility index (Phi) is 6.91. The Bertz CT molecular complexity index is 535. The average Bonchev–Trinajstić information content (AvgIpc) is 2.48. The van der Waals surface area contributed by atoms with Gasteiger partial charge in [-0.3, -0.25) is 4.99 Å². The summed E-state index contributed by atoms with van der Waals surface area (Å²) >= 11 is 0. The van der Waals surface area contributed by atoms with Crippen molar-refractivity contribution in [2.75, 3.05) is 7.05 Å². The molecule has 4 heteroatoms. The molecule has 0 aliphatic heterocycles. The fraction of sp³-hybridized carbons (Fsp3) is 0.556. The highest BCUT2D eigenvalue weighted by Crippen LogP contribution is 2.21. The van der Waals surface area contributed by atoms with Crippen LogP contribution in [0.3, 0.4) is 0 Å². The lowest BCUT2D eigenvalue weighted by Crippen LogP contribution is -2.42. The van der Waals surface area contributed by atoms with Gasteiger partial charge in [0.2, 0.25) is 0 Å². The van der Waals surface area contributed by atoms with E-state index in [0.29, 0.717) is 23.6 Å². The van der Waals surface area contributed by atoms with Gasteiger partial charge >= 0.3 is 0 Å². The van der Waals surface area contributed by atoms with Crippen molar-refractivity contribution in [3.63, 3.8) is 0 Å². The Morgan fingerprint density at radius 2 is 2.09 bits per heavy atom. The summed E-state index contributed by atoms with van der Waals surface area (Å²) in [7, 11) is 1.78. The molecule has 0 saturated heterocycles. The molecule has 0 saturated carbocycles. The van der Waals surface area contributed by atoms with Gasteiger partial charge in [0.15, 0.2) is 5.96 Å². The molecule has 1 rings (SSSR count). The maximum absolute atomic E-state index is 8.92. The summed E-state index contributed by atoms with van der Waals surface area (Å²) in [6.45, 7) is 9.61. The molecule has 0 aliphatic carbocycles. The summed E-state index contributed by atoms with van der Waals surface area (Å²) in [6, 6.07) is 10.1. The molecule has 2 N–H and O–H groups in total. The minimum Gasteiger partial charge on any atom is -0.354 e. The number of nitrogens with one attached hydrogen (secondary N) is 2. The molecule has 22 heavy (non-hydrogen) atoms. The molecule has 1 unspecified atom stereocenters. The van der Waals surface area contributed by atoms with Crippen molar-refractivity contribution >= 4 is 5.96 Å². The molecule has 0 aromatic heterocycles.